The van der Waals surface area contributed by atoms with Crippen LogP contribution in [-0.2, 0) is 19.8 Å². The number of carbonyl (C=O) groups is 1. The Bertz CT molecular complexity index is 1570. The number of hydrogen-bond donors (Lipinski definition) is 3. The lowest BCUT2D eigenvalue weighted by molar-refractivity contribution is 0.0952. The number of fused-ring (bicyclic) bond motifs is 3. The number of aliphatic hydroxyl groups is 1. The lowest BCUT2D eigenvalue weighted by Crippen LogP contribution is -2.32. The van der Waals surface area contributed by atoms with E-state index in [1.807, 2.05) is 30.3 Å². The minimum Gasteiger partial charge on any atom is -0.511 e. The van der Waals surface area contributed by atoms with Crippen molar-refractivity contribution in [3.8, 4) is 22.6 Å². The number of nitrogens with one attached hydrogen (secondary N) is 2. The molecule has 5 rings (SSSR count). The Balaban J connectivity index is 1.41. The number of aliphatic hydroxyl groups excluding tert-OH is 1. The van der Waals surface area contributed by atoms with E-state index < -0.39 is 0 Å². The SMILES string of the molecule is C=C(O)[C@@H]1CCCNC(=O)c2cncc(c2)COc2cc(OCc3cccc(-c4ccccc4)c3C)c(Cl)cc2CN1. The van der Waals surface area contributed by atoms with E-state index in [0.29, 0.717) is 54.6 Å². The van der Waals surface area contributed by atoms with Gasteiger partial charge in [0, 0.05) is 42.7 Å². The van der Waals surface area contributed by atoms with Gasteiger partial charge in [0.25, 0.3) is 5.91 Å². The number of aromatic nitrogens is 1. The second-order valence-electron chi connectivity index (χ2n) is 10.3. The van der Waals surface area contributed by atoms with Crippen molar-refractivity contribution in [2.45, 2.75) is 45.6 Å². The molecule has 216 valence electrons. The van der Waals surface area contributed by atoms with Gasteiger partial charge in [-0.05, 0) is 54.2 Å². The Kier molecular flexibility index (Phi) is 9.41. The highest BCUT2D eigenvalue weighted by molar-refractivity contribution is 6.32. The number of halogens is 1. The number of pyridine rings is 1. The molecule has 3 N–H and O–H groups in total. The summed E-state index contributed by atoms with van der Waals surface area (Å²) in [5.41, 5.74) is 6.51. The summed E-state index contributed by atoms with van der Waals surface area (Å²) in [5, 5.41) is 16.9. The summed E-state index contributed by atoms with van der Waals surface area (Å²) in [6, 6.07) is 21.5. The maximum Gasteiger partial charge on any atom is 0.252 e. The summed E-state index contributed by atoms with van der Waals surface area (Å²) in [4.78, 5) is 16.8. The van der Waals surface area contributed by atoms with Gasteiger partial charge in [-0.3, -0.25) is 9.78 Å². The number of ether oxygens (including phenoxy) is 2. The smallest absolute Gasteiger partial charge is 0.252 e. The molecule has 2 bridgehead atoms. The minimum absolute atomic E-state index is 0.0307. The molecule has 42 heavy (non-hydrogen) atoms. The standard InChI is InChI=1S/C34H34ClN3O4/c1-22-26(10-6-11-29(22)25-8-4-3-5-9-25)21-42-33-16-32-27(15-30(33)35)19-38-31(23(2)39)12-7-13-37-34(40)28-14-24(20-41-32)17-36-18-28/h3-6,8-11,14-18,31,38-39H,2,7,12-13,19-21H2,1H3,(H,37,40)/t31-/m0/s1. The molecule has 0 saturated carbocycles. The van der Waals surface area contributed by atoms with Crippen molar-refractivity contribution < 1.29 is 19.4 Å². The normalized spacial score (nSPS) is 15.8. The van der Waals surface area contributed by atoms with Crippen LogP contribution in [0.25, 0.3) is 11.1 Å². The van der Waals surface area contributed by atoms with Crippen molar-refractivity contribution in [3.05, 3.63) is 124 Å². The molecule has 0 spiro atoms. The van der Waals surface area contributed by atoms with Crippen molar-refractivity contribution in [1.82, 2.24) is 15.6 Å². The first kappa shape index (κ1) is 29.2. The van der Waals surface area contributed by atoms with Gasteiger partial charge in [0.2, 0.25) is 0 Å². The third kappa shape index (κ3) is 7.11. The Labute approximate surface area is 251 Å². The zero-order valence-corrected chi connectivity index (χ0v) is 24.3. The van der Waals surface area contributed by atoms with E-state index in [0.717, 1.165) is 33.4 Å². The van der Waals surface area contributed by atoms with Gasteiger partial charge in [0.15, 0.2) is 0 Å². The van der Waals surface area contributed by atoms with Gasteiger partial charge in [-0.2, -0.15) is 0 Å². The van der Waals surface area contributed by atoms with E-state index in [9.17, 15) is 9.90 Å². The van der Waals surface area contributed by atoms with Crippen LogP contribution in [0.5, 0.6) is 11.5 Å². The Morgan fingerprint density at radius 2 is 1.95 bits per heavy atom. The van der Waals surface area contributed by atoms with Crippen molar-refractivity contribution in [1.29, 1.82) is 0 Å². The van der Waals surface area contributed by atoms with Crippen LogP contribution in [0.15, 0.2) is 91.5 Å². The summed E-state index contributed by atoms with van der Waals surface area (Å²) < 4.78 is 12.5. The second-order valence-corrected chi connectivity index (χ2v) is 10.7. The van der Waals surface area contributed by atoms with Gasteiger partial charge in [0.1, 0.15) is 30.5 Å². The molecule has 1 amide bonds. The van der Waals surface area contributed by atoms with Crippen LogP contribution in [0.2, 0.25) is 5.02 Å². The van der Waals surface area contributed by atoms with E-state index in [4.69, 9.17) is 21.1 Å². The average Bonchev–Trinajstić information content (AvgIpc) is 3.00. The summed E-state index contributed by atoms with van der Waals surface area (Å²) in [5.74, 6) is 0.889. The number of amides is 1. The lowest BCUT2D eigenvalue weighted by atomic mass is 9.97. The molecule has 8 heteroatoms. The summed E-state index contributed by atoms with van der Waals surface area (Å²) in [7, 11) is 0. The van der Waals surface area contributed by atoms with Crippen molar-refractivity contribution >= 4 is 17.5 Å². The van der Waals surface area contributed by atoms with Crippen molar-refractivity contribution in [2.75, 3.05) is 6.54 Å². The molecule has 1 aliphatic rings. The quantitative estimate of drug-likeness (QED) is 0.221. The average molecular weight is 584 g/mol. The van der Waals surface area contributed by atoms with Gasteiger partial charge >= 0.3 is 0 Å². The van der Waals surface area contributed by atoms with Gasteiger partial charge in [0.05, 0.1) is 16.6 Å². The van der Waals surface area contributed by atoms with E-state index in [2.05, 4.69) is 53.4 Å². The molecule has 1 aliphatic heterocycles. The molecule has 0 unspecified atom stereocenters. The van der Waals surface area contributed by atoms with Crippen LogP contribution < -0.4 is 20.1 Å². The number of nitrogens with zero attached hydrogens (tertiary/aromatic N) is 1. The van der Waals surface area contributed by atoms with E-state index >= 15 is 0 Å². The molecule has 1 aromatic heterocycles. The monoisotopic (exact) mass is 583 g/mol. The Morgan fingerprint density at radius 3 is 2.76 bits per heavy atom. The predicted molar refractivity (Wildman–Crippen MR) is 165 cm³/mol. The highest BCUT2D eigenvalue weighted by Crippen LogP contribution is 2.35. The first-order valence-electron chi connectivity index (χ1n) is 13.9. The third-order valence-corrected chi connectivity index (χ3v) is 7.67. The van der Waals surface area contributed by atoms with E-state index in [1.54, 1.807) is 18.3 Å². The number of rotatable bonds is 5. The number of benzene rings is 3. The number of carbonyl (C=O) groups excluding carboxylic acids is 1. The molecule has 0 saturated heterocycles. The van der Waals surface area contributed by atoms with Gasteiger partial charge in [-0.25, -0.2) is 0 Å². The summed E-state index contributed by atoms with van der Waals surface area (Å²) in [6.07, 6.45) is 4.44. The fourth-order valence-electron chi connectivity index (χ4n) is 4.97. The van der Waals surface area contributed by atoms with Crippen LogP contribution in [0.1, 0.15) is 45.5 Å². The van der Waals surface area contributed by atoms with Crippen LogP contribution >= 0.6 is 11.6 Å². The van der Waals surface area contributed by atoms with Crippen LogP contribution in [-0.4, -0.2) is 28.6 Å². The molecular weight excluding hydrogens is 550 g/mol. The molecule has 7 nitrogen and oxygen atoms in total. The Morgan fingerprint density at radius 1 is 1.12 bits per heavy atom. The van der Waals surface area contributed by atoms with Crippen molar-refractivity contribution in [3.63, 3.8) is 0 Å². The predicted octanol–water partition coefficient (Wildman–Crippen LogP) is 6.92. The topological polar surface area (TPSA) is 92.7 Å². The fourth-order valence-corrected chi connectivity index (χ4v) is 5.21. The molecule has 1 atom stereocenters. The largest absolute Gasteiger partial charge is 0.511 e. The second kappa shape index (κ2) is 13.6. The molecule has 0 aliphatic carbocycles. The van der Waals surface area contributed by atoms with Gasteiger partial charge < -0.3 is 25.2 Å². The fraction of sp³-hybridized carbons (Fsp3) is 0.235. The summed E-state index contributed by atoms with van der Waals surface area (Å²) >= 11 is 6.73. The van der Waals surface area contributed by atoms with Crippen LogP contribution in [0, 0.1) is 6.92 Å². The Hall–Kier alpha value is -4.33. The van der Waals surface area contributed by atoms with Gasteiger partial charge in [-0.1, -0.05) is 66.7 Å². The first-order chi connectivity index (χ1) is 20.4. The first-order valence-corrected chi connectivity index (χ1v) is 14.3. The highest BCUT2D eigenvalue weighted by Gasteiger charge is 2.18. The minimum atomic E-state index is -0.364. The maximum absolute atomic E-state index is 12.6. The highest BCUT2D eigenvalue weighted by atomic mass is 35.5. The maximum atomic E-state index is 12.6. The zero-order chi connectivity index (χ0) is 29.5. The van der Waals surface area contributed by atoms with E-state index in [-0.39, 0.29) is 24.3 Å². The molecule has 2 heterocycles. The molecule has 3 aromatic carbocycles. The van der Waals surface area contributed by atoms with E-state index in [1.165, 1.54) is 6.20 Å². The van der Waals surface area contributed by atoms with Crippen LogP contribution in [0.4, 0.5) is 0 Å². The molecular formula is C34H34ClN3O4. The van der Waals surface area contributed by atoms with Gasteiger partial charge in [-0.15, -0.1) is 0 Å². The molecule has 0 radical (unpaired) electrons. The summed E-state index contributed by atoms with van der Waals surface area (Å²) in [6.45, 7) is 7.17. The zero-order valence-electron chi connectivity index (χ0n) is 23.5. The number of hydrogen-bond acceptors (Lipinski definition) is 6. The van der Waals surface area contributed by atoms with Crippen molar-refractivity contribution in [2.24, 2.45) is 0 Å². The molecule has 0 fully saturated rings. The third-order valence-electron chi connectivity index (χ3n) is 7.38. The molecule has 4 aromatic rings. The van der Waals surface area contributed by atoms with Crippen LogP contribution in [0.3, 0.4) is 0 Å². The lowest BCUT2D eigenvalue weighted by Gasteiger charge is -2.20.